The maximum atomic E-state index is 14.6. The fraction of sp³-hybridized carbons (Fsp3) is 0. The molecule has 2 nitrogen and oxygen atoms in total. The molecule has 0 aliphatic heterocycles. The van der Waals surface area contributed by atoms with Gasteiger partial charge in [0.25, 0.3) is 0 Å². The third kappa shape index (κ3) is 9.40. The maximum Gasteiger partial charge on any atom is 0.171 e. The Morgan fingerprint density at radius 2 is 0.438 bits per heavy atom. The lowest BCUT2D eigenvalue weighted by atomic mass is 10.0. The number of rotatable bonds is 11. The number of hydrogen-bond donors (Lipinski definition) is 0. The van der Waals surface area contributed by atoms with Crippen molar-refractivity contribution in [2.24, 2.45) is 0 Å². The first-order valence-electron chi connectivity index (χ1n) is 19.5. The molecular weight excluding hydrogens is 871 g/mol. The van der Waals surface area contributed by atoms with E-state index >= 15 is 0 Å². The fourth-order valence-corrected chi connectivity index (χ4v) is 12.7. The SMILES string of the molecule is O=P(c1ccc(/C=C/c2ccc(-c3ccc(/C=C/c4ccc(P(=O)(c5cc(F)cc(F)c5)c5cc(F)cc(F)c5)cc4)cc3)cc2)cc1)(c1cc(F)cc(F)c1)c1cc(F)cc(F)c1. The summed E-state index contributed by atoms with van der Waals surface area (Å²) < 4.78 is 143. The molecule has 0 atom stereocenters. The third-order valence-corrected chi connectivity index (χ3v) is 16.4. The lowest BCUT2D eigenvalue weighted by Crippen LogP contribution is -2.26. The van der Waals surface area contributed by atoms with Gasteiger partial charge in [-0.1, -0.05) is 121 Å². The minimum absolute atomic E-state index is 0.133. The summed E-state index contributed by atoms with van der Waals surface area (Å²) in [6, 6.07) is 37.9. The topological polar surface area (TPSA) is 34.1 Å². The average Bonchev–Trinajstić information content (AvgIpc) is 3.26. The first-order valence-corrected chi connectivity index (χ1v) is 22.9. The Balaban J connectivity index is 0.953. The summed E-state index contributed by atoms with van der Waals surface area (Å²) in [5.74, 6) is -7.82. The molecule has 8 rings (SSSR count). The Bertz CT molecular complexity index is 2780. The van der Waals surface area contributed by atoms with Crippen molar-refractivity contribution in [3.63, 3.8) is 0 Å². The second kappa shape index (κ2) is 18.1. The van der Waals surface area contributed by atoms with Crippen LogP contribution < -0.4 is 31.8 Å². The monoisotopic (exact) mass is 902 g/mol. The van der Waals surface area contributed by atoms with Crippen LogP contribution in [0.15, 0.2) is 170 Å². The van der Waals surface area contributed by atoms with E-state index in [0.29, 0.717) is 35.4 Å². The van der Waals surface area contributed by atoms with Gasteiger partial charge in [-0.05, 0) is 81.9 Å². The van der Waals surface area contributed by atoms with Crippen LogP contribution in [-0.4, -0.2) is 0 Å². The van der Waals surface area contributed by atoms with E-state index in [1.165, 1.54) is 24.3 Å². The summed E-state index contributed by atoms with van der Waals surface area (Å²) >= 11 is 0. The van der Waals surface area contributed by atoms with E-state index in [4.69, 9.17) is 0 Å². The number of benzene rings is 8. The Labute approximate surface area is 363 Å². The first kappa shape index (κ1) is 43.8. The van der Waals surface area contributed by atoms with Gasteiger partial charge in [0.1, 0.15) is 46.5 Å². The van der Waals surface area contributed by atoms with Crippen LogP contribution in [-0.2, 0) is 9.13 Å². The van der Waals surface area contributed by atoms with Crippen molar-refractivity contribution in [2.45, 2.75) is 0 Å². The van der Waals surface area contributed by atoms with Crippen molar-refractivity contribution < 1.29 is 44.3 Å². The van der Waals surface area contributed by atoms with Crippen molar-refractivity contribution in [2.75, 3.05) is 0 Å². The molecule has 0 spiro atoms. The molecule has 64 heavy (non-hydrogen) atoms. The lowest BCUT2D eigenvalue weighted by Gasteiger charge is -2.20. The van der Waals surface area contributed by atoms with E-state index in [-0.39, 0.29) is 31.8 Å². The van der Waals surface area contributed by atoms with Gasteiger partial charge in [-0.3, -0.25) is 0 Å². The van der Waals surface area contributed by atoms with E-state index in [0.717, 1.165) is 70.8 Å². The van der Waals surface area contributed by atoms with E-state index in [1.54, 1.807) is 24.3 Å². The minimum Gasteiger partial charge on any atom is -0.309 e. The Morgan fingerprint density at radius 1 is 0.250 bits per heavy atom. The van der Waals surface area contributed by atoms with Gasteiger partial charge in [0.05, 0.1) is 0 Å². The highest BCUT2D eigenvalue weighted by molar-refractivity contribution is 7.85. The van der Waals surface area contributed by atoms with Crippen LogP contribution in [0.1, 0.15) is 22.3 Å². The zero-order chi connectivity index (χ0) is 45.2. The molecule has 318 valence electrons. The molecule has 8 aromatic rings. The molecule has 0 saturated carbocycles. The summed E-state index contributed by atoms with van der Waals surface area (Å²) in [5.41, 5.74) is 5.06. The van der Waals surface area contributed by atoms with Gasteiger partial charge in [0.15, 0.2) is 14.3 Å². The first-order chi connectivity index (χ1) is 30.6. The predicted octanol–water partition coefficient (Wildman–Crippen LogP) is 12.1. The molecule has 0 radical (unpaired) electrons. The summed E-state index contributed by atoms with van der Waals surface area (Å²) in [4.78, 5) is 0. The molecule has 0 aromatic heterocycles. The van der Waals surface area contributed by atoms with E-state index in [1.807, 2.05) is 72.8 Å². The van der Waals surface area contributed by atoms with Gasteiger partial charge in [-0.2, -0.15) is 0 Å². The Morgan fingerprint density at radius 3 is 0.641 bits per heavy atom. The molecule has 0 amide bonds. The van der Waals surface area contributed by atoms with Crippen molar-refractivity contribution >= 4 is 70.4 Å². The van der Waals surface area contributed by atoms with Gasteiger partial charge >= 0.3 is 0 Å². The van der Waals surface area contributed by atoms with Gasteiger partial charge in [0.2, 0.25) is 0 Å². The molecule has 0 heterocycles. The standard InChI is InChI=1S/C52H32F8O2P2/c53-39-21-40(54)26-49(25-39)63(61,50-27-41(55)22-42(56)28-50)47-17-9-35(10-18-47)3-1-33-5-13-37(14-6-33)38-15-7-34(8-16-38)2-4-36-11-19-48(20-12-36)64(62,51-29-43(57)23-44(58)30-51)52-31-45(59)24-46(60)32-52/h1-32H/b3-1+,4-2+. The van der Waals surface area contributed by atoms with Crippen LogP contribution >= 0.6 is 14.3 Å². The fourth-order valence-electron chi connectivity index (χ4n) is 7.33. The van der Waals surface area contributed by atoms with E-state index in [9.17, 15) is 44.3 Å². The van der Waals surface area contributed by atoms with Crippen molar-refractivity contribution in [1.82, 2.24) is 0 Å². The molecule has 12 heteroatoms. The molecule has 0 unspecified atom stereocenters. The molecule has 0 aliphatic rings. The summed E-state index contributed by atoms with van der Waals surface area (Å²) in [6.07, 6.45) is 7.36. The van der Waals surface area contributed by atoms with Crippen LogP contribution in [0.4, 0.5) is 35.1 Å². The number of halogens is 8. The second-order valence-electron chi connectivity index (χ2n) is 14.8. The number of hydrogen-bond acceptors (Lipinski definition) is 2. The van der Waals surface area contributed by atoms with Gasteiger partial charge in [-0.25, -0.2) is 35.1 Å². The highest BCUT2D eigenvalue weighted by atomic mass is 31.2. The quantitative estimate of drug-likeness (QED) is 0.0736. The maximum absolute atomic E-state index is 14.6. The van der Waals surface area contributed by atoms with Crippen molar-refractivity contribution in [3.05, 3.63) is 239 Å². The zero-order valence-electron chi connectivity index (χ0n) is 33.2. The van der Waals surface area contributed by atoms with Crippen LogP contribution in [0.25, 0.3) is 35.4 Å². The van der Waals surface area contributed by atoms with Gasteiger partial charge in [0, 0.05) is 56.1 Å². The highest BCUT2D eigenvalue weighted by Gasteiger charge is 2.33. The predicted molar refractivity (Wildman–Crippen MR) is 241 cm³/mol. The van der Waals surface area contributed by atoms with Crippen molar-refractivity contribution in [3.8, 4) is 11.1 Å². The minimum atomic E-state index is -4.10. The smallest absolute Gasteiger partial charge is 0.171 e. The molecule has 0 fully saturated rings. The summed E-state index contributed by atoms with van der Waals surface area (Å²) in [5, 5.41) is -0.702. The van der Waals surface area contributed by atoms with Crippen LogP contribution in [0, 0.1) is 46.5 Å². The molecular formula is C52H32F8O2P2. The van der Waals surface area contributed by atoms with Gasteiger partial charge < -0.3 is 9.13 Å². The summed E-state index contributed by atoms with van der Waals surface area (Å²) in [7, 11) is -8.20. The highest BCUT2D eigenvalue weighted by Crippen LogP contribution is 2.44. The van der Waals surface area contributed by atoms with Gasteiger partial charge in [-0.15, -0.1) is 0 Å². The lowest BCUT2D eigenvalue weighted by molar-refractivity contribution is 0.577. The van der Waals surface area contributed by atoms with Crippen LogP contribution in [0.2, 0.25) is 0 Å². The molecule has 8 aromatic carbocycles. The normalized spacial score (nSPS) is 12.1. The van der Waals surface area contributed by atoms with E-state index in [2.05, 4.69) is 0 Å². The zero-order valence-corrected chi connectivity index (χ0v) is 35.0. The molecule has 0 N–H and O–H groups in total. The Kier molecular flexibility index (Phi) is 12.4. The average molecular weight is 903 g/mol. The molecule has 0 saturated heterocycles. The van der Waals surface area contributed by atoms with E-state index < -0.39 is 60.8 Å². The largest absolute Gasteiger partial charge is 0.309 e. The molecule has 0 aliphatic carbocycles. The Hall–Kier alpha value is -6.86. The van der Waals surface area contributed by atoms with Crippen molar-refractivity contribution in [1.29, 1.82) is 0 Å². The van der Waals surface area contributed by atoms with Crippen LogP contribution in [0.5, 0.6) is 0 Å². The second-order valence-corrected chi connectivity index (χ2v) is 20.4. The summed E-state index contributed by atoms with van der Waals surface area (Å²) in [6.45, 7) is 0. The van der Waals surface area contributed by atoms with Crippen LogP contribution in [0.3, 0.4) is 0 Å². The molecule has 0 bridgehead atoms. The third-order valence-electron chi connectivity index (χ3n) is 10.4.